The smallest absolute Gasteiger partial charge is 0.286 e. The van der Waals surface area contributed by atoms with E-state index in [4.69, 9.17) is 4.74 Å². The van der Waals surface area contributed by atoms with Gasteiger partial charge in [-0.2, -0.15) is 8.42 Å². The number of fused-ring (bicyclic) bond motifs is 2. The second-order valence-electron chi connectivity index (χ2n) is 7.11. The van der Waals surface area contributed by atoms with Gasteiger partial charge in [-0.1, -0.05) is 36.4 Å². The van der Waals surface area contributed by atoms with Crippen molar-refractivity contribution in [3.05, 3.63) is 81.5 Å². The number of aromatic nitrogens is 1. The first-order chi connectivity index (χ1) is 15.4. The summed E-state index contributed by atoms with van der Waals surface area (Å²) in [5, 5.41) is 15.6. The van der Waals surface area contributed by atoms with Crippen LogP contribution in [0.3, 0.4) is 0 Å². The van der Waals surface area contributed by atoms with Crippen LogP contribution in [0.25, 0.3) is 10.2 Å². The van der Waals surface area contributed by atoms with Crippen LogP contribution in [-0.4, -0.2) is 31.0 Å². The molecular formula is C22H17N3O5S2. The highest BCUT2D eigenvalue weighted by molar-refractivity contribution is 7.90. The minimum Gasteiger partial charge on any atom is -0.505 e. The zero-order chi connectivity index (χ0) is 22.5. The molecule has 1 aliphatic rings. The number of ether oxygens (including phenoxy) is 1. The first kappa shape index (κ1) is 20.3. The average molecular weight is 468 g/mol. The minimum atomic E-state index is -4.13. The van der Waals surface area contributed by atoms with Gasteiger partial charge in [-0.05, 0) is 29.1 Å². The molecule has 0 aliphatic carbocycles. The fourth-order valence-electron chi connectivity index (χ4n) is 3.73. The van der Waals surface area contributed by atoms with Gasteiger partial charge in [0.05, 0.1) is 23.9 Å². The Labute approximate surface area is 187 Å². The number of anilines is 1. The fraction of sp³-hybridized carbons (Fsp3) is 0.0909. The molecule has 0 spiro atoms. The lowest BCUT2D eigenvalue weighted by Crippen LogP contribution is -2.32. The molecule has 0 saturated heterocycles. The molecule has 0 atom stereocenters. The topological polar surface area (TPSA) is 110 Å². The summed E-state index contributed by atoms with van der Waals surface area (Å²) in [6, 6.07) is 15.7. The molecule has 5 rings (SSSR count). The second-order valence-corrected chi connectivity index (χ2v) is 9.60. The van der Waals surface area contributed by atoms with E-state index in [0.29, 0.717) is 10.2 Å². The van der Waals surface area contributed by atoms with Gasteiger partial charge in [-0.3, -0.25) is 4.79 Å². The number of para-hydroxylation sites is 1. The lowest BCUT2D eigenvalue weighted by Gasteiger charge is -2.21. The summed E-state index contributed by atoms with van der Waals surface area (Å²) in [6.07, 6.45) is 0. The van der Waals surface area contributed by atoms with E-state index in [9.17, 15) is 18.3 Å². The molecular weight excluding hydrogens is 450 g/mol. The number of amidine groups is 1. The van der Waals surface area contributed by atoms with Gasteiger partial charge in [0, 0.05) is 0 Å². The predicted molar refractivity (Wildman–Crippen MR) is 124 cm³/mol. The monoisotopic (exact) mass is 467 g/mol. The van der Waals surface area contributed by atoms with E-state index >= 15 is 0 Å². The van der Waals surface area contributed by atoms with Crippen molar-refractivity contribution in [2.75, 3.05) is 12.4 Å². The summed E-state index contributed by atoms with van der Waals surface area (Å²) >= 11 is 1.25. The SMILES string of the molecule is COc1cccc2c1NC(c1c(O)c3sccc3n(Cc3ccccc3)c1=O)=NS2(=O)=O. The third kappa shape index (κ3) is 3.15. The fourth-order valence-corrected chi connectivity index (χ4v) is 5.71. The Morgan fingerprint density at radius 1 is 1.12 bits per heavy atom. The molecule has 8 nitrogen and oxygen atoms in total. The Balaban J connectivity index is 1.75. The van der Waals surface area contributed by atoms with Crippen molar-refractivity contribution in [1.29, 1.82) is 0 Å². The van der Waals surface area contributed by atoms with Crippen LogP contribution in [0.15, 0.2) is 74.1 Å². The van der Waals surface area contributed by atoms with E-state index in [1.54, 1.807) is 23.6 Å². The molecule has 10 heteroatoms. The predicted octanol–water partition coefficient (Wildman–Crippen LogP) is 3.39. The molecule has 0 unspecified atom stereocenters. The molecule has 0 fully saturated rings. The number of hydrogen-bond donors (Lipinski definition) is 2. The van der Waals surface area contributed by atoms with E-state index in [-0.39, 0.29) is 40.0 Å². The van der Waals surface area contributed by atoms with Gasteiger partial charge in [-0.25, -0.2) is 0 Å². The minimum absolute atomic E-state index is 0.0677. The highest BCUT2D eigenvalue weighted by atomic mass is 32.2. The first-order valence-corrected chi connectivity index (χ1v) is 11.9. The van der Waals surface area contributed by atoms with Crippen LogP contribution in [0.5, 0.6) is 11.5 Å². The maximum absolute atomic E-state index is 13.5. The second kappa shape index (κ2) is 7.50. The molecule has 4 aromatic rings. The number of benzene rings is 2. The number of aromatic hydroxyl groups is 1. The Bertz CT molecular complexity index is 1550. The zero-order valence-corrected chi connectivity index (χ0v) is 18.4. The van der Waals surface area contributed by atoms with Crippen LogP contribution in [0.4, 0.5) is 5.69 Å². The maximum Gasteiger partial charge on any atom is 0.286 e. The normalized spacial score (nSPS) is 14.5. The van der Waals surface area contributed by atoms with Gasteiger partial charge in [0.1, 0.15) is 21.9 Å². The zero-order valence-electron chi connectivity index (χ0n) is 16.8. The number of pyridine rings is 1. The Morgan fingerprint density at radius 2 is 1.91 bits per heavy atom. The summed E-state index contributed by atoms with van der Waals surface area (Å²) in [4.78, 5) is 13.5. The number of hydrogen-bond acceptors (Lipinski definition) is 7. The molecule has 2 aromatic carbocycles. The summed E-state index contributed by atoms with van der Waals surface area (Å²) in [5.74, 6) is -0.287. The largest absolute Gasteiger partial charge is 0.505 e. The number of sulfonamides is 1. The van der Waals surface area contributed by atoms with Crippen LogP contribution in [0, 0.1) is 0 Å². The van der Waals surface area contributed by atoms with E-state index in [2.05, 4.69) is 9.71 Å². The lowest BCUT2D eigenvalue weighted by atomic mass is 10.1. The Morgan fingerprint density at radius 3 is 2.66 bits per heavy atom. The number of methoxy groups -OCH3 is 1. The van der Waals surface area contributed by atoms with Gasteiger partial charge in [0.25, 0.3) is 15.6 Å². The van der Waals surface area contributed by atoms with Crippen LogP contribution >= 0.6 is 11.3 Å². The number of nitrogens with one attached hydrogen (secondary N) is 1. The number of thiophene rings is 1. The molecule has 32 heavy (non-hydrogen) atoms. The van der Waals surface area contributed by atoms with Gasteiger partial charge < -0.3 is 19.7 Å². The standard InChI is InChI=1S/C22H17N3O5S2/c1-30-15-8-5-9-16-18(15)23-21(24-32(16,28)29)17-19(26)20-14(10-11-31-20)25(22(17)27)12-13-6-3-2-4-7-13/h2-11,26H,12H2,1H3,(H,23,24). The van der Waals surface area contributed by atoms with Gasteiger partial charge in [0.2, 0.25) is 0 Å². The van der Waals surface area contributed by atoms with Gasteiger partial charge in [-0.15, -0.1) is 15.7 Å². The van der Waals surface area contributed by atoms with Crippen molar-refractivity contribution in [3.8, 4) is 11.5 Å². The van der Waals surface area contributed by atoms with E-state index in [1.807, 2.05) is 30.3 Å². The number of rotatable bonds is 4. The molecule has 0 amide bonds. The van der Waals surface area contributed by atoms with Crippen LogP contribution in [0.2, 0.25) is 0 Å². The molecule has 1 aliphatic heterocycles. The summed E-state index contributed by atoms with van der Waals surface area (Å²) in [6.45, 7) is 0.250. The maximum atomic E-state index is 13.5. The summed E-state index contributed by atoms with van der Waals surface area (Å²) in [7, 11) is -2.71. The van der Waals surface area contributed by atoms with Crippen LogP contribution in [-0.2, 0) is 16.6 Å². The highest BCUT2D eigenvalue weighted by Gasteiger charge is 2.32. The van der Waals surface area contributed by atoms with Crippen molar-refractivity contribution in [1.82, 2.24) is 4.57 Å². The third-order valence-corrected chi connectivity index (χ3v) is 7.44. The molecule has 162 valence electrons. The molecule has 0 saturated carbocycles. The van der Waals surface area contributed by atoms with Crippen molar-refractivity contribution < 1.29 is 18.3 Å². The Hall–Kier alpha value is -3.63. The molecule has 2 aromatic heterocycles. The van der Waals surface area contributed by atoms with Crippen LogP contribution in [0.1, 0.15) is 11.1 Å². The molecule has 2 N–H and O–H groups in total. The Kier molecular flexibility index (Phi) is 4.75. The third-order valence-electron chi connectivity index (χ3n) is 5.21. The summed E-state index contributed by atoms with van der Waals surface area (Å²) in [5.41, 5.74) is 0.840. The van der Waals surface area contributed by atoms with Crippen molar-refractivity contribution in [2.45, 2.75) is 11.4 Å². The summed E-state index contributed by atoms with van der Waals surface area (Å²) < 4.78 is 36.8. The van der Waals surface area contributed by atoms with E-state index in [0.717, 1.165) is 5.56 Å². The van der Waals surface area contributed by atoms with Crippen molar-refractivity contribution >= 4 is 43.1 Å². The number of nitrogens with zero attached hydrogens (tertiary/aromatic N) is 2. The van der Waals surface area contributed by atoms with Crippen molar-refractivity contribution in [2.24, 2.45) is 4.40 Å². The van der Waals surface area contributed by atoms with Crippen molar-refractivity contribution in [3.63, 3.8) is 0 Å². The van der Waals surface area contributed by atoms with Gasteiger partial charge in [0.15, 0.2) is 11.6 Å². The van der Waals surface area contributed by atoms with E-state index in [1.165, 1.54) is 29.1 Å². The van der Waals surface area contributed by atoms with Gasteiger partial charge >= 0.3 is 0 Å². The molecule has 3 heterocycles. The van der Waals surface area contributed by atoms with Crippen LogP contribution < -0.4 is 15.6 Å². The first-order valence-electron chi connectivity index (χ1n) is 9.57. The highest BCUT2D eigenvalue weighted by Crippen LogP contribution is 2.38. The van der Waals surface area contributed by atoms with E-state index < -0.39 is 15.6 Å². The molecule has 0 bridgehead atoms. The lowest BCUT2D eigenvalue weighted by molar-refractivity contribution is 0.415. The quantitative estimate of drug-likeness (QED) is 0.476. The average Bonchev–Trinajstić information content (AvgIpc) is 3.27. The molecule has 0 radical (unpaired) electrons.